The molecule has 3 aliphatic rings. The number of unbranched alkanes of at least 4 members (excludes halogenated alkanes) is 1. The fraction of sp³-hybridized carbons (Fsp3) is 0.906. The highest BCUT2D eigenvalue weighted by atomic mass is 16.6. The third-order valence-corrected chi connectivity index (χ3v) is 10.2. The number of alkyl carbamates (subject to hydrolysis) is 1. The number of nitrogens with one attached hydrogen (secondary N) is 1. The third-order valence-electron chi connectivity index (χ3n) is 10.2. The first kappa shape index (κ1) is 28.6. The van der Waals surface area contributed by atoms with Crippen molar-refractivity contribution in [1.82, 2.24) is 5.32 Å². The largest absolute Gasteiger partial charge is 0.446 e. The van der Waals surface area contributed by atoms with Crippen molar-refractivity contribution < 1.29 is 9.53 Å². The van der Waals surface area contributed by atoms with E-state index < -0.39 is 0 Å². The molecule has 3 rings (SSSR count). The fourth-order valence-corrected chi connectivity index (χ4v) is 8.24. The minimum absolute atomic E-state index is 0.0333. The van der Waals surface area contributed by atoms with Crippen LogP contribution < -0.4 is 5.32 Å². The van der Waals surface area contributed by atoms with Gasteiger partial charge in [0, 0.05) is 13.0 Å². The molecule has 0 saturated heterocycles. The molecule has 0 unspecified atom stereocenters. The average molecular weight is 488 g/mol. The Balaban J connectivity index is 1.58. The summed E-state index contributed by atoms with van der Waals surface area (Å²) in [5, 5.41) is 2.90. The highest BCUT2D eigenvalue weighted by Crippen LogP contribution is 2.63. The van der Waals surface area contributed by atoms with Gasteiger partial charge in [-0.2, -0.15) is 0 Å². The number of fused-ring (bicyclic) bond motifs is 3. The zero-order chi connectivity index (χ0) is 25.4. The molecule has 3 nitrogen and oxygen atoms in total. The zero-order valence-electron chi connectivity index (χ0n) is 24.0. The monoisotopic (exact) mass is 487 g/mol. The summed E-state index contributed by atoms with van der Waals surface area (Å²) in [5.74, 6) is 5.30. The number of ether oxygens (including phenoxy) is 1. The van der Waals surface area contributed by atoms with Crippen LogP contribution in [0, 0.1) is 40.9 Å². The summed E-state index contributed by atoms with van der Waals surface area (Å²) in [4.78, 5) is 12.2. The molecule has 1 amide bonds. The van der Waals surface area contributed by atoms with Crippen LogP contribution in [0.2, 0.25) is 0 Å². The summed E-state index contributed by atoms with van der Waals surface area (Å²) >= 11 is 0. The van der Waals surface area contributed by atoms with Gasteiger partial charge in [0.1, 0.15) is 6.10 Å². The van der Waals surface area contributed by atoms with Crippen LogP contribution in [0.15, 0.2) is 11.6 Å². The van der Waals surface area contributed by atoms with Crippen molar-refractivity contribution >= 4 is 6.09 Å². The molecule has 35 heavy (non-hydrogen) atoms. The van der Waals surface area contributed by atoms with Crippen molar-refractivity contribution in [3.8, 4) is 0 Å². The van der Waals surface area contributed by atoms with E-state index in [4.69, 9.17) is 4.74 Å². The van der Waals surface area contributed by atoms with E-state index in [0.717, 1.165) is 67.6 Å². The average Bonchev–Trinajstić information content (AvgIpc) is 3.18. The molecular formula is C32H57NO2. The topological polar surface area (TPSA) is 38.3 Å². The van der Waals surface area contributed by atoms with Crippen molar-refractivity contribution in [1.29, 1.82) is 0 Å². The maximum atomic E-state index is 12.2. The van der Waals surface area contributed by atoms with Crippen molar-refractivity contribution in [3.63, 3.8) is 0 Å². The number of carbonyl (C=O) groups excluding carboxylic acids is 1. The molecule has 7 atom stereocenters. The van der Waals surface area contributed by atoms with E-state index in [1.54, 1.807) is 5.57 Å². The molecule has 0 aliphatic heterocycles. The molecule has 0 aromatic rings. The van der Waals surface area contributed by atoms with Gasteiger partial charge in [-0.1, -0.05) is 85.3 Å². The fourth-order valence-electron chi connectivity index (χ4n) is 8.24. The van der Waals surface area contributed by atoms with Gasteiger partial charge < -0.3 is 10.1 Å². The van der Waals surface area contributed by atoms with Crippen molar-refractivity contribution in [2.75, 3.05) is 6.54 Å². The van der Waals surface area contributed by atoms with E-state index in [1.807, 2.05) is 0 Å². The number of hydrogen-bond donors (Lipinski definition) is 1. The molecule has 3 heteroatoms. The summed E-state index contributed by atoms with van der Waals surface area (Å²) in [6.45, 7) is 15.0. The number of hydrogen-bond acceptors (Lipinski definition) is 2. The maximum absolute atomic E-state index is 12.2. The SMILES string of the molecule is CCCC[C@@H](CC1=CC[C@@H]2[C@H](CC[C@]3(C)[C@@H]([C@H](C)CCCC(C)C)CC[C@@H]23)C1)OC(=O)NCCC. The van der Waals surface area contributed by atoms with Crippen molar-refractivity contribution in [2.24, 2.45) is 40.9 Å². The first-order valence-electron chi connectivity index (χ1n) is 15.4. The minimum Gasteiger partial charge on any atom is -0.446 e. The summed E-state index contributed by atoms with van der Waals surface area (Å²) in [6, 6.07) is 0. The first-order valence-corrected chi connectivity index (χ1v) is 15.4. The molecule has 202 valence electrons. The summed E-state index contributed by atoms with van der Waals surface area (Å²) in [5.41, 5.74) is 2.13. The number of allylic oxidation sites excluding steroid dienone is 1. The Kier molecular flexibility index (Phi) is 11.0. The molecule has 0 aromatic heterocycles. The quantitative estimate of drug-likeness (QED) is 0.263. The summed E-state index contributed by atoms with van der Waals surface area (Å²) < 4.78 is 5.88. The van der Waals surface area contributed by atoms with Crippen LogP contribution in [0.1, 0.15) is 131 Å². The predicted molar refractivity (Wildman–Crippen MR) is 148 cm³/mol. The summed E-state index contributed by atoms with van der Waals surface area (Å²) in [7, 11) is 0. The van der Waals surface area contributed by atoms with Crippen molar-refractivity contribution in [3.05, 3.63) is 11.6 Å². The van der Waals surface area contributed by atoms with Gasteiger partial charge in [-0.05, 0) is 92.3 Å². The van der Waals surface area contributed by atoms with E-state index in [-0.39, 0.29) is 12.2 Å². The van der Waals surface area contributed by atoms with Gasteiger partial charge in [0.05, 0.1) is 0 Å². The van der Waals surface area contributed by atoms with Gasteiger partial charge in [-0.15, -0.1) is 0 Å². The second kappa shape index (κ2) is 13.5. The lowest BCUT2D eigenvalue weighted by Crippen LogP contribution is -2.43. The molecule has 0 aromatic carbocycles. The third kappa shape index (κ3) is 7.51. The van der Waals surface area contributed by atoms with Crippen LogP contribution in [0.25, 0.3) is 0 Å². The van der Waals surface area contributed by atoms with Gasteiger partial charge in [-0.25, -0.2) is 4.79 Å². The maximum Gasteiger partial charge on any atom is 0.407 e. The highest BCUT2D eigenvalue weighted by molar-refractivity contribution is 5.67. The standard InChI is InChI=1S/C32H57NO2/c1-7-9-13-27(35-31(34)33-20-8-2)22-25-14-15-28-26(21-25)18-19-32(6)29(16-17-30(28)32)24(5)12-10-11-23(3)4/h14,23-24,26-30H,7-13,15-22H2,1-6H3,(H,33,34)/t24-,26-,27+,28-,29-,30+,32-/m1/s1. The first-order chi connectivity index (χ1) is 16.8. The molecule has 2 saturated carbocycles. The van der Waals surface area contributed by atoms with E-state index in [0.29, 0.717) is 12.0 Å². The van der Waals surface area contributed by atoms with Gasteiger partial charge in [0.2, 0.25) is 0 Å². The van der Waals surface area contributed by atoms with Crippen LogP contribution in [0.5, 0.6) is 0 Å². The smallest absolute Gasteiger partial charge is 0.407 e. The van der Waals surface area contributed by atoms with E-state index in [1.165, 1.54) is 57.8 Å². The molecule has 3 aliphatic carbocycles. The van der Waals surface area contributed by atoms with Crippen molar-refractivity contribution in [2.45, 2.75) is 138 Å². The Morgan fingerprint density at radius 2 is 1.89 bits per heavy atom. The van der Waals surface area contributed by atoms with Crippen LogP contribution in [-0.4, -0.2) is 18.7 Å². The van der Waals surface area contributed by atoms with E-state index in [9.17, 15) is 4.79 Å². The van der Waals surface area contributed by atoms with Crippen LogP contribution >= 0.6 is 0 Å². The lowest BCUT2D eigenvalue weighted by molar-refractivity contribution is -0.00724. The molecule has 1 N–H and O–H groups in total. The number of carbonyl (C=O) groups is 1. The van der Waals surface area contributed by atoms with Crippen LogP contribution in [-0.2, 0) is 4.74 Å². The number of rotatable bonds is 13. The molecule has 0 radical (unpaired) electrons. The molecule has 0 spiro atoms. The van der Waals surface area contributed by atoms with Gasteiger partial charge in [-0.3, -0.25) is 0 Å². The lowest BCUT2D eigenvalue weighted by atomic mass is 9.54. The predicted octanol–water partition coefficient (Wildman–Crippen LogP) is 9.31. The van der Waals surface area contributed by atoms with Gasteiger partial charge in [0.25, 0.3) is 0 Å². The van der Waals surface area contributed by atoms with Gasteiger partial charge in [0.15, 0.2) is 0 Å². The van der Waals surface area contributed by atoms with Gasteiger partial charge >= 0.3 is 6.09 Å². The van der Waals surface area contributed by atoms with E-state index >= 15 is 0 Å². The van der Waals surface area contributed by atoms with E-state index in [2.05, 4.69) is 52.9 Å². The molecular weight excluding hydrogens is 430 g/mol. The lowest BCUT2D eigenvalue weighted by Gasteiger charge is -2.51. The Morgan fingerprint density at radius 3 is 2.60 bits per heavy atom. The highest BCUT2D eigenvalue weighted by Gasteiger charge is 2.54. The normalized spacial score (nSPS) is 31.9. The Bertz CT molecular complexity index is 685. The van der Waals surface area contributed by atoms with Crippen LogP contribution in [0.3, 0.4) is 0 Å². The Morgan fingerprint density at radius 1 is 1.09 bits per heavy atom. The molecule has 0 heterocycles. The Labute approximate surface area is 217 Å². The Hall–Kier alpha value is -0.990. The molecule has 2 fully saturated rings. The second-order valence-corrected chi connectivity index (χ2v) is 13.2. The molecule has 0 bridgehead atoms. The number of amides is 1. The second-order valence-electron chi connectivity index (χ2n) is 13.2. The van der Waals surface area contributed by atoms with Crippen LogP contribution in [0.4, 0.5) is 4.79 Å². The minimum atomic E-state index is -0.227. The zero-order valence-corrected chi connectivity index (χ0v) is 24.0. The summed E-state index contributed by atoms with van der Waals surface area (Å²) in [6.07, 6.45) is 20.0.